The number of hydrogen-bond donors (Lipinski definition) is 3. The number of aliphatic hydroxyl groups excluding tert-OH is 1. The number of carbonyl (C=O) groups is 4. The van der Waals surface area contributed by atoms with Gasteiger partial charge in [0.1, 0.15) is 19.3 Å². The summed E-state index contributed by atoms with van der Waals surface area (Å²) in [7, 11) is -9.97. The summed E-state index contributed by atoms with van der Waals surface area (Å²) in [5.74, 6) is -2.28. The van der Waals surface area contributed by atoms with Gasteiger partial charge in [-0.3, -0.25) is 37.3 Å². The van der Waals surface area contributed by atoms with E-state index in [9.17, 15) is 43.2 Å². The molecule has 0 aromatic carbocycles. The van der Waals surface area contributed by atoms with E-state index in [1.165, 1.54) is 77.0 Å². The summed E-state index contributed by atoms with van der Waals surface area (Å²) >= 11 is 0. The molecule has 0 aliphatic rings. The maximum Gasteiger partial charge on any atom is 0.472 e. The van der Waals surface area contributed by atoms with Gasteiger partial charge in [-0.25, -0.2) is 9.13 Å². The fourth-order valence-corrected chi connectivity index (χ4v) is 11.7. The molecule has 0 aliphatic carbocycles. The number of esters is 4. The summed E-state index contributed by atoms with van der Waals surface area (Å²) in [6.45, 7) is 4.54. The lowest BCUT2D eigenvalue weighted by molar-refractivity contribution is -0.161. The van der Waals surface area contributed by atoms with Crippen molar-refractivity contribution in [2.45, 2.75) is 329 Å². The van der Waals surface area contributed by atoms with E-state index in [-0.39, 0.29) is 25.7 Å². The number of ether oxygens (including phenoxy) is 4. The van der Waals surface area contributed by atoms with Crippen LogP contribution in [-0.4, -0.2) is 96.7 Å². The monoisotopic (exact) mass is 1440 g/mol. The minimum atomic E-state index is -4.99. The molecule has 0 bridgehead atoms. The molecule has 0 fully saturated rings. The third kappa shape index (κ3) is 71.8. The average Bonchev–Trinajstić information content (AvgIpc) is 0.953. The van der Waals surface area contributed by atoms with Crippen molar-refractivity contribution in [1.82, 2.24) is 0 Å². The standard InChI is InChI=1S/C81H138O17P2/c1-5-9-13-17-21-25-29-31-33-35-37-39-41-43-47-49-53-57-61-65-78(83)91-71-76(97-80(85)67-63-59-55-51-45-27-23-19-15-11-7-3)73-95-99(87,88)93-69-75(82)70-94-100(89,90)96-74-77(98-81(86)68-64-60-56-52-46-28-24-20-16-12-8-4)72-92-79(84)66-62-58-54-50-48-44-42-40-38-36-34-32-30-26-22-18-14-10-6-2/h9-10,13-14,21-22,25-26,31-34,37-40,43,47,53,57,75-77,82H,5-8,11-12,15-20,23-24,27-30,35-36,41-42,44-46,48-52,54-56,58-74H2,1-4H3,(H,87,88)(H,89,90)/b13-9-,14-10-,25-21-,26-22-,33-31-,34-32-,39-37-,40-38-,47-43-,57-53-. The van der Waals surface area contributed by atoms with Crippen molar-refractivity contribution in [1.29, 1.82) is 0 Å². The zero-order chi connectivity index (χ0) is 73.2. The highest BCUT2D eigenvalue weighted by Crippen LogP contribution is 2.45. The van der Waals surface area contributed by atoms with Crippen LogP contribution in [0, 0.1) is 0 Å². The van der Waals surface area contributed by atoms with Crippen LogP contribution in [0.25, 0.3) is 0 Å². The molecule has 0 aromatic rings. The van der Waals surface area contributed by atoms with Crippen LogP contribution >= 0.6 is 15.6 Å². The molecule has 0 radical (unpaired) electrons. The second-order valence-corrected chi connectivity index (χ2v) is 28.5. The molecule has 0 saturated carbocycles. The molecule has 0 saturated heterocycles. The third-order valence-electron chi connectivity index (χ3n) is 16.0. The van der Waals surface area contributed by atoms with Gasteiger partial charge in [0, 0.05) is 25.7 Å². The molecular formula is C81H138O17P2. The van der Waals surface area contributed by atoms with E-state index in [0.717, 1.165) is 148 Å². The van der Waals surface area contributed by atoms with Crippen LogP contribution in [0.5, 0.6) is 0 Å². The lowest BCUT2D eigenvalue weighted by Gasteiger charge is -2.21. The molecule has 100 heavy (non-hydrogen) atoms. The second-order valence-electron chi connectivity index (χ2n) is 25.5. The van der Waals surface area contributed by atoms with Gasteiger partial charge in [0.25, 0.3) is 0 Å². The van der Waals surface area contributed by atoms with E-state index in [0.29, 0.717) is 32.1 Å². The molecule has 574 valence electrons. The van der Waals surface area contributed by atoms with Gasteiger partial charge in [-0.1, -0.05) is 303 Å². The molecule has 5 atom stereocenters. The largest absolute Gasteiger partial charge is 0.472 e. The molecule has 0 rings (SSSR count). The Kier molecular flexibility index (Phi) is 69.5. The van der Waals surface area contributed by atoms with E-state index in [1.54, 1.807) is 0 Å². The Hall–Kier alpha value is -4.54. The van der Waals surface area contributed by atoms with Gasteiger partial charge >= 0.3 is 39.5 Å². The summed E-state index contributed by atoms with van der Waals surface area (Å²) in [4.78, 5) is 72.8. The molecule has 5 unspecified atom stereocenters. The van der Waals surface area contributed by atoms with Crippen molar-refractivity contribution < 1.29 is 80.2 Å². The van der Waals surface area contributed by atoms with Gasteiger partial charge in [0.15, 0.2) is 12.2 Å². The Morgan fingerprint density at radius 3 is 0.860 bits per heavy atom. The van der Waals surface area contributed by atoms with Crippen LogP contribution in [0.4, 0.5) is 0 Å². The van der Waals surface area contributed by atoms with Crippen molar-refractivity contribution >= 4 is 39.5 Å². The topological polar surface area (TPSA) is 237 Å². The van der Waals surface area contributed by atoms with E-state index in [2.05, 4.69) is 131 Å². The summed E-state index contributed by atoms with van der Waals surface area (Å²) in [5, 5.41) is 10.6. The molecule has 19 heteroatoms. The molecule has 3 N–H and O–H groups in total. The predicted molar refractivity (Wildman–Crippen MR) is 408 cm³/mol. The van der Waals surface area contributed by atoms with Crippen LogP contribution in [0.15, 0.2) is 122 Å². The fourth-order valence-electron chi connectivity index (χ4n) is 10.1. The van der Waals surface area contributed by atoms with Gasteiger partial charge in [0.05, 0.1) is 26.4 Å². The smallest absolute Gasteiger partial charge is 0.462 e. The minimum Gasteiger partial charge on any atom is -0.462 e. The number of rotatable bonds is 72. The molecule has 17 nitrogen and oxygen atoms in total. The molecule has 0 aliphatic heterocycles. The SMILES string of the molecule is CC/C=C\C/C=C\C/C=C\C/C=C\C/C=C\C/C=C\CCC(=O)OCC(COP(=O)(O)OCC(O)COP(=O)(O)OCC(COC(=O)CCCCCCCC/C=C\C/C=C\C/C=C\C/C=C\CC)OC(=O)CCCCCCCCCCCCC)OC(=O)CCCCCCCCCCCCC. The van der Waals surface area contributed by atoms with Crippen molar-refractivity contribution in [3.63, 3.8) is 0 Å². The highest BCUT2D eigenvalue weighted by Gasteiger charge is 2.30. The van der Waals surface area contributed by atoms with Gasteiger partial charge in [-0.05, 0) is 103 Å². The number of hydrogen-bond acceptors (Lipinski definition) is 15. The highest BCUT2D eigenvalue weighted by molar-refractivity contribution is 7.47. The maximum atomic E-state index is 13.1. The quantitative estimate of drug-likeness (QED) is 0.0169. The number of phosphoric acid groups is 2. The number of unbranched alkanes of at least 4 members (excludes halogenated alkanes) is 26. The van der Waals surface area contributed by atoms with Gasteiger partial charge in [-0.15, -0.1) is 0 Å². The van der Waals surface area contributed by atoms with Gasteiger partial charge in [-0.2, -0.15) is 0 Å². The fraction of sp³-hybridized carbons (Fsp3) is 0.704. The summed E-state index contributed by atoms with van der Waals surface area (Å²) in [5.41, 5.74) is 0. The minimum absolute atomic E-state index is 0.0366. The van der Waals surface area contributed by atoms with E-state index >= 15 is 0 Å². The first-order valence-electron chi connectivity index (χ1n) is 38.8. The maximum absolute atomic E-state index is 13.1. The summed E-state index contributed by atoms with van der Waals surface area (Å²) in [6.07, 6.45) is 79.2. The van der Waals surface area contributed by atoms with Crippen molar-refractivity contribution in [2.24, 2.45) is 0 Å². The first kappa shape index (κ1) is 95.5. The van der Waals surface area contributed by atoms with Crippen molar-refractivity contribution in [3.05, 3.63) is 122 Å². The number of allylic oxidation sites excluding steroid dienone is 20. The molecule has 0 heterocycles. The van der Waals surface area contributed by atoms with E-state index in [1.807, 2.05) is 18.2 Å². The Bertz CT molecular complexity index is 2370. The van der Waals surface area contributed by atoms with Crippen LogP contribution < -0.4 is 0 Å². The Morgan fingerprint density at radius 2 is 0.540 bits per heavy atom. The first-order valence-corrected chi connectivity index (χ1v) is 41.8. The van der Waals surface area contributed by atoms with Gasteiger partial charge < -0.3 is 33.8 Å². The van der Waals surface area contributed by atoms with Crippen LogP contribution in [0.3, 0.4) is 0 Å². The number of carbonyl (C=O) groups excluding carboxylic acids is 4. The van der Waals surface area contributed by atoms with Crippen LogP contribution in [0.2, 0.25) is 0 Å². The summed E-state index contributed by atoms with van der Waals surface area (Å²) in [6, 6.07) is 0. The number of aliphatic hydroxyl groups is 1. The Balaban J connectivity index is 5.33. The zero-order valence-electron chi connectivity index (χ0n) is 62.6. The van der Waals surface area contributed by atoms with E-state index in [4.69, 9.17) is 37.0 Å². The second kappa shape index (κ2) is 72.8. The molecular weight excluding hydrogens is 1310 g/mol. The van der Waals surface area contributed by atoms with Crippen molar-refractivity contribution in [3.8, 4) is 0 Å². The van der Waals surface area contributed by atoms with Crippen molar-refractivity contribution in [2.75, 3.05) is 39.6 Å². The lowest BCUT2D eigenvalue weighted by atomic mass is 10.1. The third-order valence-corrected chi connectivity index (χ3v) is 17.9. The Morgan fingerprint density at radius 1 is 0.290 bits per heavy atom. The first-order chi connectivity index (χ1) is 48.7. The lowest BCUT2D eigenvalue weighted by Crippen LogP contribution is -2.30. The molecule has 0 amide bonds. The van der Waals surface area contributed by atoms with E-state index < -0.39 is 97.5 Å². The van der Waals surface area contributed by atoms with Crippen LogP contribution in [0.1, 0.15) is 310 Å². The highest BCUT2D eigenvalue weighted by atomic mass is 31.2. The normalized spacial score (nSPS) is 14.6. The molecule has 0 aromatic heterocycles. The number of phosphoric ester groups is 2. The summed E-state index contributed by atoms with van der Waals surface area (Å²) < 4.78 is 68.4. The predicted octanol–water partition coefficient (Wildman–Crippen LogP) is 22.3. The average molecular weight is 1450 g/mol. The molecule has 0 spiro atoms. The zero-order valence-corrected chi connectivity index (χ0v) is 64.4. The van der Waals surface area contributed by atoms with Crippen LogP contribution in [-0.2, 0) is 65.4 Å². The van der Waals surface area contributed by atoms with Gasteiger partial charge in [0.2, 0.25) is 0 Å². The Labute approximate surface area is 606 Å².